The highest BCUT2D eigenvalue weighted by molar-refractivity contribution is 5.89. The van der Waals surface area contributed by atoms with E-state index in [0.29, 0.717) is 35.5 Å². The van der Waals surface area contributed by atoms with Gasteiger partial charge >= 0.3 is 5.97 Å². The van der Waals surface area contributed by atoms with Gasteiger partial charge in [-0.25, -0.2) is 9.18 Å². The zero-order valence-electron chi connectivity index (χ0n) is 18.0. The molecule has 0 radical (unpaired) electrons. The van der Waals surface area contributed by atoms with Crippen LogP contribution in [-0.4, -0.2) is 47.6 Å². The average molecular weight is 436 g/mol. The Hall–Kier alpha value is -3.68. The van der Waals surface area contributed by atoms with E-state index in [0.717, 1.165) is 11.1 Å². The number of methoxy groups -OCH3 is 1. The van der Waals surface area contributed by atoms with Crippen molar-refractivity contribution in [2.24, 2.45) is 0 Å². The molecule has 0 bridgehead atoms. The number of carbonyl (C=O) groups excluding carboxylic acids is 1. The van der Waals surface area contributed by atoms with Gasteiger partial charge in [-0.05, 0) is 54.8 Å². The van der Waals surface area contributed by atoms with Crippen molar-refractivity contribution in [2.75, 3.05) is 30.8 Å². The van der Waals surface area contributed by atoms with Gasteiger partial charge in [0.2, 0.25) is 0 Å². The molecule has 0 saturated carbocycles. The van der Waals surface area contributed by atoms with E-state index in [1.54, 1.807) is 42.5 Å². The third-order valence-corrected chi connectivity index (χ3v) is 5.85. The van der Waals surface area contributed by atoms with E-state index in [2.05, 4.69) is 10.2 Å². The van der Waals surface area contributed by atoms with Crippen molar-refractivity contribution in [1.82, 2.24) is 10.2 Å². The molecule has 0 spiro atoms. The molecule has 166 valence electrons. The van der Waals surface area contributed by atoms with Gasteiger partial charge in [0.15, 0.2) is 5.82 Å². The number of aromatic hydroxyl groups is 1. The van der Waals surface area contributed by atoms with E-state index >= 15 is 0 Å². The number of alkyl halides is 1. The van der Waals surface area contributed by atoms with Crippen LogP contribution >= 0.6 is 0 Å². The number of nitrogen functional groups attached to an aromatic ring is 1. The van der Waals surface area contributed by atoms with Gasteiger partial charge in [0.05, 0.1) is 24.1 Å². The van der Waals surface area contributed by atoms with Crippen LogP contribution in [0.25, 0.3) is 11.3 Å². The number of hydrogen-bond donors (Lipinski definition) is 2. The maximum atomic E-state index is 14.8. The number of rotatable bonds is 4. The Bertz CT molecular complexity index is 1150. The van der Waals surface area contributed by atoms with Gasteiger partial charge < -0.3 is 20.5 Å². The average Bonchev–Trinajstić information content (AvgIpc) is 2.78. The molecular weight excluding hydrogens is 411 g/mol. The van der Waals surface area contributed by atoms with Crippen LogP contribution in [0.5, 0.6) is 5.75 Å². The van der Waals surface area contributed by atoms with E-state index < -0.39 is 12.1 Å². The quantitative estimate of drug-likeness (QED) is 0.599. The summed E-state index contributed by atoms with van der Waals surface area (Å²) in [5, 5.41) is 18.3. The number of piperidine rings is 1. The number of aryl methyl sites for hydroxylation is 1. The Morgan fingerprint density at radius 2 is 1.97 bits per heavy atom. The first kappa shape index (κ1) is 21.5. The Morgan fingerprint density at radius 1 is 1.19 bits per heavy atom. The summed E-state index contributed by atoms with van der Waals surface area (Å²) in [4.78, 5) is 13.7. The predicted molar refractivity (Wildman–Crippen MR) is 121 cm³/mol. The predicted octanol–water partition coefficient (Wildman–Crippen LogP) is 3.86. The molecule has 7 nitrogen and oxygen atoms in total. The second kappa shape index (κ2) is 8.82. The summed E-state index contributed by atoms with van der Waals surface area (Å²) >= 11 is 0. The van der Waals surface area contributed by atoms with E-state index in [1.807, 2.05) is 17.9 Å². The number of phenols is 1. The smallest absolute Gasteiger partial charge is 0.337 e. The number of esters is 1. The van der Waals surface area contributed by atoms with Crippen LogP contribution in [0.1, 0.15) is 33.8 Å². The normalized spacial score (nSPS) is 18.4. The molecule has 32 heavy (non-hydrogen) atoms. The van der Waals surface area contributed by atoms with E-state index in [4.69, 9.17) is 10.5 Å². The number of anilines is 2. The fraction of sp³-hybridized carbons (Fsp3) is 0.292. The summed E-state index contributed by atoms with van der Waals surface area (Å²) < 4.78 is 19.6. The van der Waals surface area contributed by atoms with Crippen LogP contribution < -0.4 is 10.6 Å². The Balaban J connectivity index is 1.65. The topological polar surface area (TPSA) is 102 Å². The molecule has 1 fully saturated rings. The fourth-order valence-corrected chi connectivity index (χ4v) is 4.30. The lowest BCUT2D eigenvalue weighted by Crippen LogP contribution is -2.41. The van der Waals surface area contributed by atoms with Gasteiger partial charge in [-0.2, -0.15) is 0 Å². The molecule has 4 rings (SSSR count). The molecule has 2 aromatic carbocycles. The van der Waals surface area contributed by atoms with Crippen LogP contribution in [0.15, 0.2) is 48.5 Å². The number of carbonyl (C=O) groups is 1. The lowest BCUT2D eigenvalue weighted by Gasteiger charge is -2.37. The number of phenolic OH excluding ortho intramolecular Hbond substituents is 1. The molecule has 3 aromatic rings. The first-order valence-electron chi connectivity index (χ1n) is 10.4. The summed E-state index contributed by atoms with van der Waals surface area (Å²) in [7, 11) is 1.34. The van der Waals surface area contributed by atoms with Crippen LogP contribution in [0, 0.1) is 6.92 Å². The molecule has 2 unspecified atom stereocenters. The molecule has 1 saturated heterocycles. The Kier molecular flexibility index (Phi) is 5.94. The lowest BCUT2D eigenvalue weighted by molar-refractivity contribution is 0.0600. The van der Waals surface area contributed by atoms with Crippen molar-refractivity contribution < 1.29 is 19.0 Å². The SMILES string of the molecule is COC(=O)c1ccc(C2CC(F)CN(c3cc(-c4ccccc4O)nnc3N)C2)c(C)c1. The standard InChI is InChI=1S/C24H25FN4O3/c1-14-9-15(24(31)32-2)7-8-18(14)16-10-17(25)13-29(12-16)21-11-20(27-28-23(21)26)19-5-3-4-6-22(19)30/h3-9,11,16-17,30H,10,12-13H2,1-2H3,(H2,26,28). The number of nitrogens with two attached hydrogens (primary N) is 1. The zero-order valence-corrected chi connectivity index (χ0v) is 18.0. The summed E-state index contributed by atoms with van der Waals surface area (Å²) in [6, 6.07) is 13.9. The largest absolute Gasteiger partial charge is 0.507 e. The molecule has 8 heteroatoms. The van der Waals surface area contributed by atoms with Gasteiger partial charge in [-0.1, -0.05) is 18.2 Å². The van der Waals surface area contributed by atoms with Gasteiger partial charge in [0.25, 0.3) is 0 Å². The summed E-state index contributed by atoms with van der Waals surface area (Å²) in [6.45, 7) is 2.63. The monoisotopic (exact) mass is 436 g/mol. The Labute approximate surface area is 185 Å². The van der Waals surface area contributed by atoms with Gasteiger partial charge in [-0.3, -0.25) is 0 Å². The minimum absolute atomic E-state index is 0.0822. The number of ether oxygens (including phenoxy) is 1. The number of halogens is 1. The van der Waals surface area contributed by atoms with Gasteiger partial charge in [0, 0.05) is 24.6 Å². The van der Waals surface area contributed by atoms with Crippen LogP contribution in [-0.2, 0) is 4.74 Å². The minimum atomic E-state index is -1.06. The lowest BCUT2D eigenvalue weighted by atomic mass is 9.86. The van der Waals surface area contributed by atoms with Crippen molar-refractivity contribution >= 4 is 17.5 Å². The number of hydrogen-bond acceptors (Lipinski definition) is 7. The van der Waals surface area contributed by atoms with Crippen LogP contribution in [0.3, 0.4) is 0 Å². The van der Waals surface area contributed by atoms with Crippen molar-refractivity contribution in [3.8, 4) is 17.0 Å². The number of para-hydroxylation sites is 1. The van der Waals surface area contributed by atoms with Crippen molar-refractivity contribution in [1.29, 1.82) is 0 Å². The fourth-order valence-electron chi connectivity index (χ4n) is 4.30. The van der Waals surface area contributed by atoms with Crippen molar-refractivity contribution in [2.45, 2.75) is 25.4 Å². The second-order valence-electron chi connectivity index (χ2n) is 8.02. The second-order valence-corrected chi connectivity index (χ2v) is 8.02. The minimum Gasteiger partial charge on any atom is -0.507 e. The summed E-state index contributed by atoms with van der Waals surface area (Å²) in [5.41, 5.74) is 10.0. The van der Waals surface area contributed by atoms with Crippen molar-refractivity contribution in [3.05, 3.63) is 65.2 Å². The van der Waals surface area contributed by atoms with Gasteiger partial charge in [-0.15, -0.1) is 10.2 Å². The summed E-state index contributed by atoms with van der Waals surface area (Å²) in [6.07, 6.45) is -0.686. The van der Waals surface area contributed by atoms with E-state index in [1.165, 1.54) is 7.11 Å². The molecule has 1 aromatic heterocycles. The third-order valence-electron chi connectivity index (χ3n) is 5.85. The van der Waals surface area contributed by atoms with Gasteiger partial charge in [0.1, 0.15) is 11.9 Å². The number of nitrogens with zero attached hydrogens (tertiary/aromatic N) is 3. The molecule has 3 N–H and O–H groups in total. The molecule has 1 aliphatic rings. The van der Waals surface area contributed by atoms with Crippen LogP contribution in [0.2, 0.25) is 0 Å². The Morgan fingerprint density at radius 3 is 2.69 bits per heavy atom. The first-order chi connectivity index (χ1) is 15.4. The van der Waals surface area contributed by atoms with E-state index in [9.17, 15) is 14.3 Å². The summed E-state index contributed by atoms with van der Waals surface area (Å²) in [5.74, 6) is -0.208. The molecule has 2 atom stereocenters. The molecular formula is C24H25FN4O3. The molecule has 0 aliphatic carbocycles. The molecule has 1 aliphatic heterocycles. The highest BCUT2D eigenvalue weighted by atomic mass is 19.1. The maximum Gasteiger partial charge on any atom is 0.337 e. The number of benzene rings is 2. The molecule has 2 heterocycles. The maximum absolute atomic E-state index is 14.8. The van der Waals surface area contributed by atoms with E-state index in [-0.39, 0.29) is 24.0 Å². The highest BCUT2D eigenvalue weighted by Gasteiger charge is 2.31. The number of aromatic nitrogens is 2. The van der Waals surface area contributed by atoms with Crippen LogP contribution in [0.4, 0.5) is 15.9 Å². The third kappa shape index (κ3) is 4.21. The molecule has 0 amide bonds. The highest BCUT2D eigenvalue weighted by Crippen LogP contribution is 2.37. The van der Waals surface area contributed by atoms with Crippen molar-refractivity contribution in [3.63, 3.8) is 0 Å². The first-order valence-corrected chi connectivity index (χ1v) is 10.4. The zero-order chi connectivity index (χ0) is 22.8.